The Morgan fingerprint density at radius 1 is 0.757 bits per heavy atom. The number of nitrogens with zero attached hydrogens (tertiary/aromatic N) is 1. The molecule has 190 valence electrons. The smallest absolute Gasteiger partial charge is 0.248 e. The Balaban J connectivity index is 1.82. The van der Waals surface area contributed by atoms with Crippen molar-refractivity contribution in [1.82, 2.24) is 0 Å². The highest BCUT2D eigenvalue weighted by molar-refractivity contribution is 7.89. The molecule has 0 saturated heterocycles. The number of sulfonamides is 1. The van der Waals surface area contributed by atoms with E-state index in [1.807, 2.05) is 71.6 Å². The van der Waals surface area contributed by atoms with Crippen molar-refractivity contribution in [3.63, 3.8) is 0 Å². The van der Waals surface area contributed by atoms with Crippen LogP contribution in [0.5, 0.6) is 11.5 Å². The first-order chi connectivity index (χ1) is 17.8. The van der Waals surface area contributed by atoms with Crippen LogP contribution in [-0.4, -0.2) is 27.4 Å². The molecule has 4 aromatic rings. The number of ether oxygens (including phenoxy) is 1. The lowest BCUT2D eigenvalue weighted by atomic mass is 10.1. The highest BCUT2D eigenvalue weighted by Crippen LogP contribution is 2.39. The van der Waals surface area contributed by atoms with Crippen molar-refractivity contribution in [2.45, 2.75) is 17.7 Å². The molecule has 4 aromatic carbocycles. The molecule has 7 nitrogen and oxygen atoms in total. The van der Waals surface area contributed by atoms with E-state index in [9.17, 15) is 13.2 Å². The number of carbonyl (C=O) groups is 1. The monoisotopic (exact) mass is 515 g/mol. The Morgan fingerprint density at radius 3 is 1.70 bits per heavy atom. The second-order valence-electron chi connectivity index (χ2n) is 8.61. The number of para-hydroxylation sites is 1. The Hall–Kier alpha value is -4.14. The first-order valence-corrected chi connectivity index (χ1v) is 13.4. The molecule has 0 fully saturated rings. The predicted molar refractivity (Wildman–Crippen MR) is 145 cm³/mol. The summed E-state index contributed by atoms with van der Waals surface area (Å²) in [5.74, 6) is -0.269. The summed E-state index contributed by atoms with van der Waals surface area (Å²) in [6, 6.07) is 31.5. The molecular formula is C29H29N3O4S. The van der Waals surface area contributed by atoms with Gasteiger partial charge in [-0.15, -0.1) is 0 Å². The quantitative estimate of drug-likeness (QED) is 0.305. The topological polar surface area (TPSA) is 116 Å². The SMILES string of the molecule is NC(=O)c1cc(N(CCc2ccccc2)CCc2ccccc2)c(Oc2ccccc2)c(S(N)(=O)=O)c1. The van der Waals surface area contributed by atoms with Gasteiger partial charge in [-0.2, -0.15) is 0 Å². The lowest BCUT2D eigenvalue weighted by Gasteiger charge is -2.28. The van der Waals surface area contributed by atoms with E-state index in [1.54, 1.807) is 30.3 Å². The van der Waals surface area contributed by atoms with Gasteiger partial charge in [-0.3, -0.25) is 4.79 Å². The average Bonchev–Trinajstić information content (AvgIpc) is 2.90. The molecule has 0 bridgehead atoms. The van der Waals surface area contributed by atoms with Gasteiger partial charge in [0.15, 0.2) is 5.75 Å². The molecule has 0 spiro atoms. The molecule has 0 saturated carbocycles. The first-order valence-electron chi connectivity index (χ1n) is 11.9. The lowest BCUT2D eigenvalue weighted by molar-refractivity contribution is 0.1000. The Bertz CT molecular complexity index is 1400. The number of anilines is 1. The molecule has 4 rings (SSSR count). The van der Waals surface area contributed by atoms with Gasteiger partial charge in [0.05, 0.1) is 5.69 Å². The zero-order valence-electron chi connectivity index (χ0n) is 20.3. The molecule has 0 aliphatic rings. The molecular weight excluding hydrogens is 486 g/mol. The van der Waals surface area contributed by atoms with Crippen molar-refractivity contribution in [1.29, 1.82) is 0 Å². The average molecular weight is 516 g/mol. The maximum atomic E-state index is 12.7. The maximum absolute atomic E-state index is 12.7. The van der Waals surface area contributed by atoms with Crippen molar-refractivity contribution < 1.29 is 17.9 Å². The number of hydrogen-bond acceptors (Lipinski definition) is 5. The van der Waals surface area contributed by atoms with E-state index in [0.29, 0.717) is 37.4 Å². The zero-order valence-corrected chi connectivity index (χ0v) is 21.1. The summed E-state index contributed by atoms with van der Waals surface area (Å²) in [6.07, 6.45) is 1.37. The molecule has 0 heterocycles. The second kappa shape index (κ2) is 11.7. The number of primary sulfonamides is 1. The molecule has 0 unspecified atom stereocenters. The van der Waals surface area contributed by atoms with Gasteiger partial charge >= 0.3 is 0 Å². The van der Waals surface area contributed by atoms with E-state index in [4.69, 9.17) is 15.6 Å². The molecule has 8 heteroatoms. The van der Waals surface area contributed by atoms with Gasteiger partial charge in [0.2, 0.25) is 15.9 Å². The van der Waals surface area contributed by atoms with Crippen LogP contribution in [0.2, 0.25) is 0 Å². The standard InChI is InChI=1S/C29H29N3O4S/c30-29(33)24-20-26(28(27(21-24)37(31,34)35)36-25-14-8-3-9-15-25)32(18-16-22-10-4-1-5-11-22)19-17-23-12-6-2-7-13-23/h1-15,20-21H,16-19H2,(H2,30,33)(H2,31,34,35). The van der Waals surface area contributed by atoms with Gasteiger partial charge < -0.3 is 15.4 Å². The highest BCUT2D eigenvalue weighted by atomic mass is 32.2. The number of rotatable bonds is 11. The highest BCUT2D eigenvalue weighted by Gasteiger charge is 2.26. The number of primary amides is 1. The van der Waals surface area contributed by atoms with Crippen molar-refractivity contribution in [2.75, 3.05) is 18.0 Å². The van der Waals surface area contributed by atoms with Gasteiger partial charge in [0.25, 0.3) is 0 Å². The Kier molecular flexibility index (Phi) is 8.22. The van der Waals surface area contributed by atoms with Crippen LogP contribution in [0, 0.1) is 0 Å². The molecule has 0 aliphatic heterocycles. The van der Waals surface area contributed by atoms with Crippen molar-refractivity contribution in [2.24, 2.45) is 10.9 Å². The van der Waals surface area contributed by atoms with E-state index >= 15 is 0 Å². The fourth-order valence-corrected chi connectivity index (χ4v) is 4.75. The van der Waals surface area contributed by atoms with E-state index in [0.717, 1.165) is 11.1 Å². The van der Waals surface area contributed by atoms with Gasteiger partial charge in [-0.1, -0.05) is 78.9 Å². The summed E-state index contributed by atoms with van der Waals surface area (Å²) >= 11 is 0. The molecule has 4 N–H and O–H groups in total. The minimum Gasteiger partial charge on any atom is -0.454 e. The summed E-state index contributed by atoms with van der Waals surface area (Å²) in [5, 5.41) is 5.60. The zero-order chi connectivity index (χ0) is 26.3. The number of hydrogen-bond donors (Lipinski definition) is 2. The summed E-state index contributed by atoms with van der Waals surface area (Å²) in [4.78, 5) is 13.9. The van der Waals surface area contributed by atoms with E-state index in [2.05, 4.69) is 0 Å². The largest absolute Gasteiger partial charge is 0.454 e. The maximum Gasteiger partial charge on any atom is 0.248 e. The number of nitrogens with two attached hydrogens (primary N) is 2. The van der Waals surface area contributed by atoms with Crippen LogP contribution in [0.3, 0.4) is 0 Å². The minimum atomic E-state index is -4.26. The Labute approximate surface area is 217 Å². The van der Waals surface area contributed by atoms with Crippen LogP contribution in [0.25, 0.3) is 0 Å². The third-order valence-corrected chi connectivity index (χ3v) is 6.87. The molecule has 0 aromatic heterocycles. The number of amides is 1. The van der Waals surface area contributed by atoms with Crippen molar-refractivity contribution >= 4 is 21.6 Å². The summed E-state index contributed by atoms with van der Waals surface area (Å²) in [5.41, 5.74) is 8.29. The molecule has 1 amide bonds. The van der Waals surface area contributed by atoms with Crippen LogP contribution in [-0.2, 0) is 22.9 Å². The lowest BCUT2D eigenvalue weighted by Crippen LogP contribution is -2.30. The Morgan fingerprint density at radius 2 is 1.24 bits per heavy atom. The third kappa shape index (κ3) is 6.97. The van der Waals surface area contributed by atoms with E-state index in [1.165, 1.54) is 6.07 Å². The van der Waals surface area contributed by atoms with E-state index in [-0.39, 0.29) is 16.2 Å². The fraction of sp³-hybridized carbons (Fsp3) is 0.138. The molecule has 37 heavy (non-hydrogen) atoms. The molecule has 0 radical (unpaired) electrons. The van der Waals surface area contributed by atoms with Crippen molar-refractivity contribution in [3.8, 4) is 11.5 Å². The number of carbonyl (C=O) groups excluding carboxylic acids is 1. The number of benzene rings is 4. The second-order valence-corrected chi connectivity index (χ2v) is 10.1. The molecule has 0 aliphatic carbocycles. The minimum absolute atomic E-state index is 0.0314. The van der Waals surface area contributed by atoms with Crippen LogP contribution < -0.4 is 20.5 Å². The normalized spacial score (nSPS) is 11.2. The predicted octanol–water partition coefficient (Wildman–Crippen LogP) is 4.52. The van der Waals surface area contributed by atoms with Crippen LogP contribution in [0.1, 0.15) is 21.5 Å². The van der Waals surface area contributed by atoms with Gasteiger partial charge in [0.1, 0.15) is 10.6 Å². The van der Waals surface area contributed by atoms with Gasteiger partial charge in [-0.25, -0.2) is 13.6 Å². The third-order valence-electron chi connectivity index (χ3n) is 5.96. The van der Waals surface area contributed by atoms with Crippen LogP contribution >= 0.6 is 0 Å². The summed E-state index contributed by atoms with van der Waals surface area (Å²) in [7, 11) is -4.26. The van der Waals surface area contributed by atoms with Crippen molar-refractivity contribution in [3.05, 3.63) is 120 Å². The first kappa shape index (κ1) is 25.9. The van der Waals surface area contributed by atoms with Gasteiger partial charge in [-0.05, 0) is 48.2 Å². The summed E-state index contributed by atoms with van der Waals surface area (Å²) in [6.45, 7) is 1.07. The van der Waals surface area contributed by atoms with Crippen LogP contribution in [0.15, 0.2) is 108 Å². The van der Waals surface area contributed by atoms with Crippen LogP contribution in [0.4, 0.5) is 5.69 Å². The van der Waals surface area contributed by atoms with Gasteiger partial charge in [0, 0.05) is 18.7 Å². The molecule has 0 atom stereocenters. The fourth-order valence-electron chi connectivity index (χ4n) is 4.06. The van der Waals surface area contributed by atoms with E-state index < -0.39 is 15.9 Å². The summed E-state index contributed by atoms with van der Waals surface area (Å²) < 4.78 is 31.5.